The zero-order valence-corrected chi connectivity index (χ0v) is 13.3. The van der Waals surface area contributed by atoms with Crippen LogP contribution in [0.3, 0.4) is 0 Å². The zero-order valence-electron chi connectivity index (χ0n) is 13.3. The Morgan fingerprint density at radius 3 is 2.73 bits per heavy atom. The molecule has 0 unspecified atom stereocenters. The van der Waals surface area contributed by atoms with Crippen LogP contribution in [0.1, 0.15) is 46.0 Å². The van der Waals surface area contributed by atoms with Crippen molar-refractivity contribution in [1.82, 2.24) is 0 Å². The summed E-state index contributed by atoms with van der Waals surface area (Å²) in [6, 6.07) is 0. The van der Waals surface area contributed by atoms with Crippen molar-refractivity contribution in [2.45, 2.75) is 52.1 Å². The van der Waals surface area contributed by atoms with Gasteiger partial charge in [0.2, 0.25) is 0 Å². The summed E-state index contributed by atoms with van der Waals surface area (Å²) in [5.74, 6) is 1.04. The van der Waals surface area contributed by atoms with E-state index in [0.717, 1.165) is 24.8 Å². The van der Waals surface area contributed by atoms with Gasteiger partial charge in [0.1, 0.15) is 5.78 Å². The Morgan fingerprint density at radius 1 is 1.18 bits per heavy atom. The van der Waals surface area contributed by atoms with E-state index in [2.05, 4.69) is 19.9 Å². The number of aliphatic hydroxyl groups excluding tert-OH is 1. The maximum atomic E-state index is 12.8. The third kappa shape index (κ3) is 1.66. The molecule has 2 fully saturated rings. The Labute approximate surface area is 131 Å². The van der Waals surface area contributed by atoms with Crippen molar-refractivity contribution in [3.63, 3.8) is 0 Å². The van der Waals surface area contributed by atoms with Crippen LogP contribution < -0.4 is 0 Å². The largest absolute Gasteiger partial charge is 0.389 e. The van der Waals surface area contributed by atoms with Crippen LogP contribution >= 0.6 is 0 Å². The van der Waals surface area contributed by atoms with Gasteiger partial charge in [-0.25, -0.2) is 0 Å². The summed E-state index contributed by atoms with van der Waals surface area (Å²) in [6.07, 6.45) is 9.26. The van der Waals surface area contributed by atoms with Crippen LogP contribution in [0.4, 0.5) is 0 Å². The predicted molar refractivity (Wildman–Crippen MR) is 83.0 cm³/mol. The number of ketones is 2. The van der Waals surface area contributed by atoms with E-state index in [4.69, 9.17) is 0 Å². The summed E-state index contributed by atoms with van der Waals surface area (Å²) in [7, 11) is 0. The van der Waals surface area contributed by atoms with Gasteiger partial charge in [-0.05, 0) is 43.6 Å². The van der Waals surface area contributed by atoms with Gasteiger partial charge in [-0.1, -0.05) is 31.6 Å². The molecule has 0 saturated heterocycles. The Morgan fingerprint density at radius 2 is 1.95 bits per heavy atom. The second kappa shape index (κ2) is 4.41. The second-order valence-corrected chi connectivity index (χ2v) is 8.14. The highest BCUT2D eigenvalue weighted by Gasteiger charge is 2.60. The van der Waals surface area contributed by atoms with Crippen molar-refractivity contribution in [2.75, 3.05) is 0 Å². The molecule has 3 nitrogen and oxygen atoms in total. The van der Waals surface area contributed by atoms with Gasteiger partial charge in [-0.15, -0.1) is 0 Å². The molecule has 0 radical (unpaired) electrons. The third-order valence-electron chi connectivity index (χ3n) is 7.18. The van der Waals surface area contributed by atoms with E-state index < -0.39 is 6.10 Å². The molecule has 4 aliphatic rings. The highest BCUT2D eigenvalue weighted by Crippen LogP contribution is 2.62. The molecule has 4 aliphatic carbocycles. The summed E-state index contributed by atoms with van der Waals surface area (Å²) >= 11 is 0. The number of fused-ring (bicyclic) bond motifs is 5. The van der Waals surface area contributed by atoms with E-state index in [-0.39, 0.29) is 34.4 Å². The highest BCUT2D eigenvalue weighted by molar-refractivity contribution is 5.97. The van der Waals surface area contributed by atoms with Crippen molar-refractivity contribution in [2.24, 2.45) is 28.6 Å². The predicted octanol–water partition coefficient (Wildman–Crippen LogP) is 2.83. The van der Waals surface area contributed by atoms with Crippen molar-refractivity contribution >= 4 is 11.6 Å². The lowest BCUT2D eigenvalue weighted by atomic mass is 9.49. The quantitative estimate of drug-likeness (QED) is 0.700. The topological polar surface area (TPSA) is 54.4 Å². The van der Waals surface area contributed by atoms with Gasteiger partial charge in [-0.3, -0.25) is 9.59 Å². The van der Waals surface area contributed by atoms with Crippen molar-refractivity contribution in [3.8, 4) is 0 Å². The summed E-state index contributed by atoms with van der Waals surface area (Å²) in [5.41, 5.74) is 0.683. The maximum absolute atomic E-state index is 12.8. The van der Waals surface area contributed by atoms with Gasteiger partial charge in [0.05, 0.1) is 6.10 Å². The lowest BCUT2D eigenvalue weighted by Crippen LogP contribution is -2.52. The van der Waals surface area contributed by atoms with Crippen LogP contribution in [0.25, 0.3) is 0 Å². The molecule has 0 spiro atoms. The lowest BCUT2D eigenvalue weighted by Gasteiger charge is -2.54. The van der Waals surface area contributed by atoms with E-state index in [1.54, 1.807) is 6.08 Å². The second-order valence-electron chi connectivity index (χ2n) is 8.14. The Kier molecular flexibility index (Phi) is 2.88. The molecule has 4 rings (SSSR count). The number of Topliss-reactive ketones (excluding diaryl/α,β-unsaturated/α-hetero) is 1. The molecule has 0 heterocycles. The number of rotatable bonds is 0. The van der Waals surface area contributed by atoms with E-state index in [9.17, 15) is 14.7 Å². The van der Waals surface area contributed by atoms with Gasteiger partial charge in [-0.2, -0.15) is 0 Å². The third-order valence-corrected chi connectivity index (χ3v) is 7.18. The van der Waals surface area contributed by atoms with Gasteiger partial charge in [0, 0.05) is 23.2 Å². The lowest BCUT2D eigenvalue weighted by molar-refractivity contribution is -0.137. The fourth-order valence-electron chi connectivity index (χ4n) is 5.76. The number of allylic oxidation sites excluding steroid dienone is 2. The molecule has 118 valence electrons. The minimum atomic E-state index is -0.467. The van der Waals surface area contributed by atoms with E-state index in [1.165, 1.54) is 0 Å². The molecular formula is C19H24O3. The van der Waals surface area contributed by atoms with Gasteiger partial charge >= 0.3 is 0 Å². The molecule has 0 aromatic carbocycles. The van der Waals surface area contributed by atoms with E-state index in [0.29, 0.717) is 18.6 Å². The molecule has 1 N–H and O–H groups in total. The molecule has 2 saturated carbocycles. The average Bonchev–Trinajstić information content (AvgIpc) is 2.77. The number of carbonyl (C=O) groups is 2. The van der Waals surface area contributed by atoms with Crippen molar-refractivity contribution in [1.29, 1.82) is 0 Å². The van der Waals surface area contributed by atoms with Crippen LogP contribution in [0.2, 0.25) is 0 Å². The molecule has 3 heteroatoms. The van der Waals surface area contributed by atoms with Crippen molar-refractivity contribution < 1.29 is 14.7 Å². The average molecular weight is 300 g/mol. The number of aliphatic hydroxyl groups is 1. The summed E-state index contributed by atoms with van der Waals surface area (Å²) in [4.78, 5) is 25.2. The minimum absolute atomic E-state index is 0.0150. The molecule has 0 aromatic rings. The SMILES string of the molecule is C[C@]12C=C[C@H](O)CC1=CC(=O)[C@@H]1[C@@H]2CC[C@]2(C)C(=O)CC[C@@H]12. The fraction of sp³-hybridized carbons (Fsp3) is 0.684. The number of hydrogen-bond donors (Lipinski definition) is 1. The molecule has 6 atom stereocenters. The van der Waals surface area contributed by atoms with Crippen LogP contribution in [0.15, 0.2) is 23.8 Å². The van der Waals surface area contributed by atoms with Crippen LogP contribution in [0, 0.1) is 28.6 Å². The summed E-state index contributed by atoms with van der Waals surface area (Å²) in [6.45, 7) is 4.29. The van der Waals surface area contributed by atoms with Crippen molar-refractivity contribution in [3.05, 3.63) is 23.8 Å². The van der Waals surface area contributed by atoms with Crippen LogP contribution in [-0.2, 0) is 9.59 Å². The molecular weight excluding hydrogens is 276 g/mol. The van der Waals surface area contributed by atoms with Gasteiger partial charge in [0.15, 0.2) is 5.78 Å². The first kappa shape index (κ1) is 14.4. The molecule has 0 aliphatic heterocycles. The minimum Gasteiger partial charge on any atom is -0.389 e. The Balaban J connectivity index is 1.79. The maximum Gasteiger partial charge on any atom is 0.159 e. The molecule has 0 amide bonds. The van der Waals surface area contributed by atoms with Crippen LogP contribution in [0.5, 0.6) is 0 Å². The zero-order chi connectivity index (χ0) is 15.7. The smallest absolute Gasteiger partial charge is 0.159 e. The highest BCUT2D eigenvalue weighted by atomic mass is 16.3. The normalized spacial score (nSPS) is 50.2. The van der Waals surface area contributed by atoms with Gasteiger partial charge in [0.25, 0.3) is 0 Å². The Hall–Kier alpha value is -1.22. The van der Waals surface area contributed by atoms with Crippen LogP contribution in [-0.4, -0.2) is 22.8 Å². The number of carbonyl (C=O) groups excluding carboxylic acids is 2. The van der Waals surface area contributed by atoms with E-state index in [1.807, 2.05) is 6.08 Å². The Bertz CT molecular complexity index is 616. The first-order valence-electron chi connectivity index (χ1n) is 8.52. The summed E-state index contributed by atoms with van der Waals surface area (Å²) in [5, 5.41) is 9.89. The first-order chi connectivity index (χ1) is 10.4. The first-order valence-corrected chi connectivity index (χ1v) is 8.52. The van der Waals surface area contributed by atoms with E-state index >= 15 is 0 Å². The summed E-state index contributed by atoms with van der Waals surface area (Å²) < 4.78 is 0. The van der Waals surface area contributed by atoms with Gasteiger partial charge < -0.3 is 5.11 Å². The standard InChI is InChI=1S/C19H24O3/c1-18-7-5-12(20)9-11(18)10-15(21)17-13-3-4-16(22)19(13,2)8-6-14(17)18/h5,7,10,12-14,17,20H,3-4,6,8-9H2,1-2H3/t12-,13-,14-,17-,18-,19-/m0/s1. The monoisotopic (exact) mass is 300 g/mol. The fourth-order valence-corrected chi connectivity index (χ4v) is 5.76. The molecule has 0 aromatic heterocycles. The number of hydrogen-bond acceptors (Lipinski definition) is 3. The molecule has 22 heavy (non-hydrogen) atoms. The molecule has 0 bridgehead atoms.